The highest BCUT2D eigenvalue weighted by Crippen LogP contribution is 2.39. The van der Waals surface area contributed by atoms with Crippen molar-refractivity contribution in [1.82, 2.24) is 14.7 Å². The molecule has 0 bridgehead atoms. The molecule has 1 aliphatic heterocycles. The highest BCUT2D eigenvalue weighted by Gasteiger charge is 2.33. The molecule has 21 heavy (non-hydrogen) atoms. The fraction of sp³-hybridized carbons (Fsp3) is 0.375. The van der Waals surface area contributed by atoms with Crippen molar-refractivity contribution in [2.75, 3.05) is 12.3 Å². The zero-order chi connectivity index (χ0) is 15.0. The van der Waals surface area contributed by atoms with Crippen LogP contribution in [0.15, 0.2) is 30.3 Å². The van der Waals surface area contributed by atoms with Gasteiger partial charge in [-0.1, -0.05) is 30.3 Å². The van der Waals surface area contributed by atoms with Crippen LogP contribution in [0.3, 0.4) is 0 Å². The summed E-state index contributed by atoms with van der Waals surface area (Å²) >= 11 is 1.82. The van der Waals surface area contributed by atoms with Crippen LogP contribution in [0.4, 0.5) is 0 Å². The molecule has 1 fully saturated rings. The van der Waals surface area contributed by atoms with Gasteiger partial charge in [0.2, 0.25) is 0 Å². The Labute approximate surface area is 129 Å². The van der Waals surface area contributed by atoms with E-state index >= 15 is 0 Å². The number of amides is 1. The predicted octanol–water partition coefficient (Wildman–Crippen LogP) is 2.92. The van der Waals surface area contributed by atoms with Crippen molar-refractivity contribution in [3.63, 3.8) is 0 Å². The minimum atomic E-state index is 0.0944. The molecule has 3 rings (SSSR count). The number of hydrogen-bond acceptors (Lipinski definition) is 3. The lowest BCUT2D eigenvalue weighted by Gasteiger charge is -2.24. The van der Waals surface area contributed by atoms with E-state index in [2.05, 4.69) is 17.2 Å². The Bertz CT molecular complexity index is 666. The first-order valence-corrected chi connectivity index (χ1v) is 8.12. The van der Waals surface area contributed by atoms with Gasteiger partial charge in [-0.05, 0) is 19.4 Å². The lowest BCUT2D eigenvalue weighted by atomic mass is 10.1. The van der Waals surface area contributed by atoms with Crippen molar-refractivity contribution in [2.45, 2.75) is 19.2 Å². The molecule has 0 spiro atoms. The molecule has 4 nitrogen and oxygen atoms in total. The van der Waals surface area contributed by atoms with Crippen LogP contribution in [0, 0.1) is 13.8 Å². The van der Waals surface area contributed by atoms with Crippen molar-refractivity contribution in [1.29, 1.82) is 0 Å². The van der Waals surface area contributed by atoms with Gasteiger partial charge >= 0.3 is 0 Å². The third kappa shape index (κ3) is 2.46. The molecule has 1 atom stereocenters. The number of carbonyl (C=O) groups is 1. The van der Waals surface area contributed by atoms with E-state index in [1.165, 1.54) is 5.56 Å². The van der Waals surface area contributed by atoms with Crippen LogP contribution in [0.2, 0.25) is 0 Å². The Morgan fingerprint density at radius 1 is 1.29 bits per heavy atom. The van der Waals surface area contributed by atoms with E-state index in [9.17, 15) is 4.79 Å². The summed E-state index contributed by atoms with van der Waals surface area (Å²) < 4.78 is 1.78. The summed E-state index contributed by atoms with van der Waals surface area (Å²) in [7, 11) is 1.88. The van der Waals surface area contributed by atoms with E-state index in [0.29, 0.717) is 0 Å². The molecule has 0 saturated carbocycles. The molecule has 1 aromatic heterocycles. The van der Waals surface area contributed by atoms with Gasteiger partial charge in [0.05, 0.1) is 11.3 Å². The molecule has 1 aliphatic rings. The molecule has 1 amide bonds. The van der Waals surface area contributed by atoms with Crippen molar-refractivity contribution >= 4 is 17.7 Å². The van der Waals surface area contributed by atoms with Gasteiger partial charge in [0.1, 0.15) is 5.37 Å². The van der Waals surface area contributed by atoms with Crippen molar-refractivity contribution < 1.29 is 4.79 Å². The number of aromatic nitrogens is 2. The van der Waals surface area contributed by atoms with E-state index in [4.69, 9.17) is 0 Å². The summed E-state index contributed by atoms with van der Waals surface area (Å²) in [5, 5.41) is 4.47. The standard InChI is InChI=1S/C16H19N3OS/c1-11-14(12(2)18(3)17-11)15(20)19-9-10-21-16(19)13-7-5-4-6-8-13/h4-8,16H,9-10H2,1-3H3. The maximum absolute atomic E-state index is 12.9. The third-order valence-electron chi connectivity index (χ3n) is 3.96. The van der Waals surface area contributed by atoms with Crippen LogP contribution < -0.4 is 0 Å². The summed E-state index contributed by atoms with van der Waals surface area (Å²) in [4.78, 5) is 14.9. The van der Waals surface area contributed by atoms with Gasteiger partial charge in [-0.25, -0.2) is 0 Å². The molecule has 110 valence electrons. The maximum Gasteiger partial charge on any atom is 0.258 e. The van der Waals surface area contributed by atoms with E-state index in [-0.39, 0.29) is 11.3 Å². The SMILES string of the molecule is Cc1nn(C)c(C)c1C(=O)N1CCSC1c1ccccc1. The number of rotatable bonds is 2. The van der Waals surface area contributed by atoms with Crippen molar-refractivity contribution in [3.05, 3.63) is 52.8 Å². The topological polar surface area (TPSA) is 38.1 Å². The molecular weight excluding hydrogens is 282 g/mol. The molecule has 1 aromatic carbocycles. The highest BCUT2D eigenvalue weighted by molar-refractivity contribution is 7.99. The smallest absolute Gasteiger partial charge is 0.258 e. The largest absolute Gasteiger partial charge is 0.322 e. The molecular formula is C16H19N3OS. The fourth-order valence-electron chi connectivity index (χ4n) is 2.80. The summed E-state index contributed by atoms with van der Waals surface area (Å²) in [5.41, 5.74) is 3.68. The first kappa shape index (κ1) is 14.2. The van der Waals surface area contributed by atoms with Gasteiger partial charge in [-0.15, -0.1) is 11.8 Å². The number of hydrogen-bond donors (Lipinski definition) is 0. The minimum Gasteiger partial charge on any atom is -0.322 e. The lowest BCUT2D eigenvalue weighted by molar-refractivity contribution is 0.0758. The highest BCUT2D eigenvalue weighted by atomic mass is 32.2. The Kier molecular flexibility index (Phi) is 3.76. The van der Waals surface area contributed by atoms with Gasteiger partial charge in [0.15, 0.2) is 0 Å². The molecule has 1 saturated heterocycles. The van der Waals surface area contributed by atoms with Crippen LogP contribution in [0.5, 0.6) is 0 Å². The Morgan fingerprint density at radius 3 is 2.62 bits per heavy atom. The van der Waals surface area contributed by atoms with Gasteiger partial charge in [0, 0.05) is 25.0 Å². The van der Waals surface area contributed by atoms with E-state index in [1.54, 1.807) is 4.68 Å². The van der Waals surface area contributed by atoms with Crippen LogP contribution >= 0.6 is 11.8 Å². The van der Waals surface area contributed by atoms with Crippen LogP contribution in [-0.2, 0) is 7.05 Å². The quantitative estimate of drug-likeness (QED) is 0.856. The molecule has 1 unspecified atom stereocenters. The molecule has 2 heterocycles. The first-order chi connectivity index (χ1) is 10.1. The normalized spacial score (nSPS) is 18.2. The third-order valence-corrected chi connectivity index (χ3v) is 5.22. The van der Waals surface area contributed by atoms with Crippen LogP contribution in [-0.4, -0.2) is 32.9 Å². The molecule has 2 aromatic rings. The number of aryl methyl sites for hydroxylation is 2. The van der Waals surface area contributed by atoms with E-state index < -0.39 is 0 Å². The maximum atomic E-state index is 12.9. The second kappa shape index (κ2) is 5.56. The second-order valence-corrected chi connectivity index (χ2v) is 6.49. The zero-order valence-corrected chi connectivity index (χ0v) is 13.4. The first-order valence-electron chi connectivity index (χ1n) is 7.07. The van der Waals surface area contributed by atoms with Crippen LogP contribution in [0.1, 0.15) is 32.7 Å². The summed E-state index contributed by atoms with van der Waals surface area (Å²) in [5.74, 6) is 1.07. The van der Waals surface area contributed by atoms with E-state index in [0.717, 1.165) is 29.2 Å². The van der Waals surface area contributed by atoms with Crippen molar-refractivity contribution in [3.8, 4) is 0 Å². The zero-order valence-electron chi connectivity index (χ0n) is 12.5. The van der Waals surface area contributed by atoms with Gasteiger partial charge in [-0.3, -0.25) is 9.48 Å². The van der Waals surface area contributed by atoms with Crippen LogP contribution in [0.25, 0.3) is 0 Å². The van der Waals surface area contributed by atoms with Gasteiger partial charge in [-0.2, -0.15) is 5.10 Å². The second-order valence-electron chi connectivity index (χ2n) is 5.30. The van der Waals surface area contributed by atoms with E-state index in [1.807, 2.05) is 55.8 Å². The van der Waals surface area contributed by atoms with Gasteiger partial charge in [0.25, 0.3) is 5.91 Å². The predicted molar refractivity (Wildman–Crippen MR) is 85.4 cm³/mol. The molecule has 0 radical (unpaired) electrons. The lowest BCUT2D eigenvalue weighted by Crippen LogP contribution is -2.31. The van der Waals surface area contributed by atoms with Crippen molar-refractivity contribution in [2.24, 2.45) is 7.05 Å². The molecule has 0 aliphatic carbocycles. The monoisotopic (exact) mass is 301 g/mol. The van der Waals surface area contributed by atoms with Gasteiger partial charge < -0.3 is 4.90 Å². The average molecular weight is 301 g/mol. The Balaban J connectivity index is 1.94. The molecule has 0 N–H and O–H groups in total. The number of nitrogens with zero attached hydrogens (tertiary/aromatic N) is 3. The summed E-state index contributed by atoms with van der Waals surface area (Å²) in [6.45, 7) is 4.64. The number of thioether (sulfide) groups is 1. The number of benzene rings is 1. The summed E-state index contributed by atoms with van der Waals surface area (Å²) in [6.07, 6.45) is 0. The Hall–Kier alpha value is -1.75. The number of carbonyl (C=O) groups excluding carboxylic acids is 1. The fourth-order valence-corrected chi connectivity index (χ4v) is 4.05. The Morgan fingerprint density at radius 2 is 2.00 bits per heavy atom. The molecule has 5 heteroatoms. The average Bonchev–Trinajstić information content (AvgIpc) is 3.05. The summed E-state index contributed by atoms with van der Waals surface area (Å²) in [6, 6.07) is 10.2. The minimum absolute atomic E-state index is 0.0944.